The van der Waals surface area contributed by atoms with E-state index in [0.29, 0.717) is 0 Å². The largest absolute Gasteiger partial charge is 0.381 e. The van der Waals surface area contributed by atoms with E-state index in [0.717, 1.165) is 31.1 Å². The van der Waals surface area contributed by atoms with Crippen LogP contribution in [0.5, 0.6) is 0 Å². The van der Waals surface area contributed by atoms with Crippen LogP contribution in [0.3, 0.4) is 0 Å². The summed E-state index contributed by atoms with van der Waals surface area (Å²) in [6.07, 6.45) is 5.03. The lowest BCUT2D eigenvalue weighted by Crippen LogP contribution is -2.43. The number of ether oxygens (including phenoxy) is 1. The lowest BCUT2D eigenvalue weighted by atomic mass is 9.75. The number of halogens is 1. The second-order valence-electron chi connectivity index (χ2n) is 5.85. The number of nitrogens with one attached hydrogen (secondary N) is 1. The topological polar surface area (TPSA) is 21.3 Å². The number of benzene rings is 1. The molecule has 0 atom stereocenters. The third kappa shape index (κ3) is 3.39. The second kappa shape index (κ2) is 6.38. The SMILES string of the molecule is Brc1ccccc1C1CC(NCC2CCOCC2)C1. The Kier molecular flexibility index (Phi) is 4.57. The van der Waals surface area contributed by atoms with E-state index in [1.807, 2.05) is 0 Å². The van der Waals surface area contributed by atoms with Crippen molar-refractivity contribution in [2.75, 3.05) is 19.8 Å². The first-order valence-electron chi connectivity index (χ1n) is 7.38. The van der Waals surface area contributed by atoms with Crippen molar-refractivity contribution in [3.63, 3.8) is 0 Å². The molecule has 3 heteroatoms. The highest BCUT2D eigenvalue weighted by Gasteiger charge is 2.31. The van der Waals surface area contributed by atoms with E-state index >= 15 is 0 Å². The quantitative estimate of drug-likeness (QED) is 0.912. The molecular formula is C16H22BrNO. The summed E-state index contributed by atoms with van der Waals surface area (Å²) < 4.78 is 6.67. The van der Waals surface area contributed by atoms with Gasteiger partial charge in [0, 0.05) is 23.7 Å². The van der Waals surface area contributed by atoms with Gasteiger partial charge in [0.25, 0.3) is 0 Å². The highest BCUT2D eigenvalue weighted by Crippen LogP contribution is 2.40. The molecule has 1 heterocycles. The minimum Gasteiger partial charge on any atom is -0.381 e. The van der Waals surface area contributed by atoms with Gasteiger partial charge in [0.2, 0.25) is 0 Å². The van der Waals surface area contributed by atoms with Crippen molar-refractivity contribution in [1.29, 1.82) is 0 Å². The van der Waals surface area contributed by atoms with Crippen molar-refractivity contribution in [2.45, 2.75) is 37.6 Å². The summed E-state index contributed by atoms with van der Waals surface area (Å²) in [6.45, 7) is 3.09. The van der Waals surface area contributed by atoms with Crippen molar-refractivity contribution >= 4 is 15.9 Å². The third-order valence-corrected chi connectivity index (χ3v) is 5.24. The van der Waals surface area contributed by atoms with Crippen LogP contribution in [0, 0.1) is 5.92 Å². The Labute approximate surface area is 124 Å². The molecule has 1 N–H and O–H groups in total. The summed E-state index contributed by atoms with van der Waals surface area (Å²) in [4.78, 5) is 0. The molecule has 2 fully saturated rings. The molecule has 2 aliphatic rings. The monoisotopic (exact) mass is 323 g/mol. The number of rotatable bonds is 4. The molecule has 3 rings (SSSR count). The average molecular weight is 324 g/mol. The summed E-state index contributed by atoms with van der Waals surface area (Å²) in [6, 6.07) is 9.36. The summed E-state index contributed by atoms with van der Waals surface area (Å²) >= 11 is 3.66. The van der Waals surface area contributed by atoms with Gasteiger partial charge in [-0.15, -0.1) is 0 Å². The molecule has 1 aliphatic heterocycles. The van der Waals surface area contributed by atoms with Gasteiger partial charge in [0.05, 0.1) is 0 Å². The first kappa shape index (κ1) is 13.6. The Morgan fingerprint density at radius 1 is 1.16 bits per heavy atom. The normalized spacial score (nSPS) is 28.1. The molecule has 2 nitrogen and oxygen atoms in total. The summed E-state index contributed by atoms with van der Waals surface area (Å²) in [7, 11) is 0. The van der Waals surface area contributed by atoms with Crippen LogP contribution in [0.25, 0.3) is 0 Å². The van der Waals surface area contributed by atoms with Gasteiger partial charge >= 0.3 is 0 Å². The molecule has 0 unspecified atom stereocenters. The molecule has 0 amide bonds. The van der Waals surface area contributed by atoms with E-state index in [1.165, 1.54) is 42.3 Å². The van der Waals surface area contributed by atoms with Crippen LogP contribution in [0.4, 0.5) is 0 Å². The number of hydrogen-bond donors (Lipinski definition) is 1. The molecular weight excluding hydrogens is 302 g/mol. The Morgan fingerprint density at radius 2 is 1.89 bits per heavy atom. The van der Waals surface area contributed by atoms with Gasteiger partial charge in [0.1, 0.15) is 0 Å². The predicted octanol–water partition coefficient (Wildman–Crippen LogP) is 3.71. The summed E-state index contributed by atoms with van der Waals surface area (Å²) in [5.41, 5.74) is 1.48. The second-order valence-corrected chi connectivity index (χ2v) is 6.71. The smallest absolute Gasteiger partial charge is 0.0469 e. The van der Waals surface area contributed by atoms with Crippen LogP contribution in [-0.2, 0) is 4.74 Å². The fourth-order valence-electron chi connectivity index (χ4n) is 3.13. The van der Waals surface area contributed by atoms with Crippen molar-refractivity contribution in [1.82, 2.24) is 5.32 Å². The first-order chi connectivity index (χ1) is 9.33. The predicted molar refractivity (Wildman–Crippen MR) is 81.5 cm³/mol. The third-order valence-electron chi connectivity index (χ3n) is 4.52. The molecule has 1 aromatic rings. The van der Waals surface area contributed by atoms with Gasteiger partial charge in [-0.25, -0.2) is 0 Å². The van der Waals surface area contributed by atoms with Crippen molar-refractivity contribution in [3.05, 3.63) is 34.3 Å². The molecule has 1 saturated carbocycles. The van der Waals surface area contributed by atoms with E-state index in [9.17, 15) is 0 Å². The van der Waals surface area contributed by atoms with E-state index in [1.54, 1.807) is 0 Å². The van der Waals surface area contributed by atoms with Gasteiger partial charge in [0.15, 0.2) is 0 Å². The molecule has 0 aromatic heterocycles. The van der Waals surface area contributed by atoms with Crippen molar-refractivity contribution < 1.29 is 4.74 Å². The van der Waals surface area contributed by atoms with Crippen LogP contribution in [0.2, 0.25) is 0 Å². The van der Waals surface area contributed by atoms with E-state index in [4.69, 9.17) is 4.74 Å². The highest BCUT2D eigenvalue weighted by atomic mass is 79.9. The van der Waals surface area contributed by atoms with Gasteiger partial charge < -0.3 is 10.1 Å². The fourth-order valence-corrected chi connectivity index (χ4v) is 3.74. The standard InChI is InChI=1S/C16H22BrNO/c17-16-4-2-1-3-15(16)13-9-14(10-13)18-11-12-5-7-19-8-6-12/h1-4,12-14,18H,5-11H2. The Bertz CT molecular complexity index is 411. The average Bonchev–Trinajstić information content (AvgIpc) is 2.40. The molecule has 1 aliphatic carbocycles. The van der Waals surface area contributed by atoms with Crippen molar-refractivity contribution in [2.24, 2.45) is 5.92 Å². The maximum absolute atomic E-state index is 5.40. The van der Waals surface area contributed by atoms with Crippen LogP contribution >= 0.6 is 15.9 Å². The highest BCUT2D eigenvalue weighted by molar-refractivity contribution is 9.10. The number of hydrogen-bond acceptors (Lipinski definition) is 2. The van der Waals surface area contributed by atoms with E-state index in [-0.39, 0.29) is 0 Å². The van der Waals surface area contributed by atoms with Crippen molar-refractivity contribution in [3.8, 4) is 0 Å². The Balaban J connectivity index is 1.42. The molecule has 1 saturated heterocycles. The first-order valence-corrected chi connectivity index (χ1v) is 8.18. The van der Waals surface area contributed by atoms with Crippen LogP contribution < -0.4 is 5.32 Å². The molecule has 1 aromatic carbocycles. The molecule has 0 radical (unpaired) electrons. The summed E-state index contributed by atoms with van der Waals surface area (Å²) in [5.74, 6) is 1.57. The molecule has 0 spiro atoms. The lowest BCUT2D eigenvalue weighted by Gasteiger charge is -2.38. The van der Waals surface area contributed by atoms with Gasteiger partial charge in [-0.2, -0.15) is 0 Å². The zero-order valence-electron chi connectivity index (χ0n) is 11.3. The van der Waals surface area contributed by atoms with Crippen LogP contribution in [0.1, 0.15) is 37.2 Å². The van der Waals surface area contributed by atoms with Crippen LogP contribution in [0.15, 0.2) is 28.7 Å². The lowest BCUT2D eigenvalue weighted by molar-refractivity contribution is 0.0640. The maximum atomic E-state index is 5.40. The minimum absolute atomic E-state index is 0.722. The molecule has 104 valence electrons. The minimum atomic E-state index is 0.722. The fraction of sp³-hybridized carbons (Fsp3) is 0.625. The molecule has 19 heavy (non-hydrogen) atoms. The molecule has 0 bridgehead atoms. The Hall–Kier alpha value is -0.380. The van der Waals surface area contributed by atoms with E-state index < -0.39 is 0 Å². The van der Waals surface area contributed by atoms with Gasteiger partial charge in [-0.3, -0.25) is 0 Å². The maximum Gasteiger partial charge on any atom is 0.0469 e. The summed E-state index contributed by atoms with van der Waals surface area (Å²) in [5, 5.41) is 3.74. The zero-order valence-corrected chi connectivity index (χ0v) is 12.9. The Morgan fingerprint density at radius 3 is 2.63 bits per heavy atom. The van der Waals surface area contributed by atoms with Crippen LogP contribution in [-0.4, -0.2) is 25.8 Å². The van der Waals surface area contributed by atoms with E-state index in [2.05, 4.69) is 45.5 Å². The van der Waals surface area contributed by atoms with Gasteiger partial charge in [-0.05, 0) is 55.7 Å². The zero-order chi connectivity index (χ0) is 13.1. The van der Waals surface area contributed by atoms with Gasteiger partial charge in [-0.1, -0.05) is 34.1 Å².